The number of nitrogens with one attached hydrogen (secondary N) is 1. The summed E-state index contributed by atoms with van der Waals surface area (Å²) in [5.74, 6) is 0.810. The molecule has 0 saturated heterocycles. The van der Waals surface area contributed by atoms with Crippen LogP contribution in [0.25, 0.3) is 16.9 Å². The van der Waals surface area contributed by atoms with E-state index in [0.717, 1.165) is 29.3 Å². The van der Waals surface area contributed by atoms with Crippen molar-refractivity contribution in [3.63, 3.8) is 0 Å². The highest BCUT2D eigenvalue weighted by molar-refractivity contribution is 5.62. The number of rotatable bonds is 4. The van der Waals surface area contributed by atoms with Crippen molar-refractivity contribution < 1.29 is 4.42 Å². The van der Waals surface area contributed by atoms with E-state index < -0.39 is 0 Å². The van der Waals surface area contributed by atoms with Crippen molar-refractivity contribution in [3.8, 4) is 11.3 Å². The third-order valence-electron chi connectivity index (χ3n) is 4.14. The Morgan fingerprint density at radius 1 is 1.12 bits per heavy atom. The Morgan fingerprint density at radius 3 is 2.83 bits per heavy atom. The summed E-state index contributed by atoms with van der Waals surface area (Å²) in [5, 5.41) is 8.05. The molecule has 0 saturated carbocycles. The normalized spacial score (nSPS) is 11.1. The van der Waals surface area contributed by atoms with Gasteiger partial charge in [-0.2, -0.15) is 0 Å². The average molecular weight is 318 g/mol. The Kier molecular flexibility index (Phi) is 3.54. The lowest BCUT2D eigenvalue weighted by Gasteiger charge is -2.09. The summed E-state index contributed by atoms with van der Waals surface area (Å²) >= 11 is 0. The van der Waals surface area contributed by atoms with Crippen molar-refractivity contribution in [1.82, 2.24) is 14.6 Å². The second kappa shape index (κ2) is 5.85. The van der Waals surface area contributed by atoms with Crippen molar-refractivity contribution in [3.05, 3.63) is 71.8 Å². The van der Waals surface area contributed by atoms with Gasteiger partial charge in [0.1, 0.15) is 5.82 Å². The van der Waals surface area contributed by atoms with Crippen molar-refractivity contribution in [2.45, 2.75) is 20.4 Å². The maximum Gasteiger partial charge on any atom is 0.154 e. The van der Waals surface area contributed by atoms with Gasteiger partial charge in [-0.15, -0.1) is 5.10 Å². The molecule has 0 amide bonds. The van der Waals surface area contributed by atoms with Gasteiger partial charge in [-0.3, -0.25) is 0 Å². The number of aryl methyl sites for hydroxylation is 2. The molecule has 4 aromatic rings. The van der Waals surface area contributed by atoms with Gasteiger partial charge in [-0.1, -0.05) is 23.8 Å². The first-order valence-electron chi connectivity index (χ1n) is 7.88. The lowest BCUT2D eigenvalue weighted by Crippen LogP contribution is -2.05. The van der Waals surface area contributed by atoms with Crippen LogP contribution in [-0.2, 0) is 6.54 Å². The molecule has 0 aliphatic rings. The third kappa shape index (κ3) is 2.65. The first-order valence-corrected chi connectivity index (χ1v) is 7.88. The fourth-order valence-corrected chi connectivity index (χ4v) is 2.80. The van der Waals surface area contributed by atoms with Gasteiger partial charge in [0.2, 0.25) is 0 Å². The minimum absolute atomic E-state index is 0.736. The lowest BCUT2D eigenvalue weighted by atomic mass is 10.1. The van der Waals surface area contributed by atoms with Gasteiger partial charge in [0.05, 0.1) is 24.4 Å². The van der Waals surface area contributed by atoms with E-state index in [4.69, 9.17) is 4.42 Å². The number of aromatic nitrogens is 3. The summed E-state index contributed by atoms with van der Waals surface area (Å²) < 4.78 is 6.99. The van der Waals surface area contributed by atoms with Crippen molar-refractivity contribution in [1.29, 1.82) is 0 Å². The van der Waals surface area contributed by atoms with E-state index in [0.29, 0.717) is 0 Å². The summed E-state index contributed by atoms with van der Waals surface area (Å²) in [6.07, 6.45) is 5.15. The molecular formula is C19H18N4O. The van der Waals surface area contributed by atoms with Gasteiger partial charge in [0.25, 0.3) is 0 Å². The third-order valence-corrected chi connectivity index (χ3v) is 4.14. The van der Waals surface area contributed by atoms with E-state index in [9.17, 15) is 0 Å². The molecule has 5 nitrogen and oxygen atoms in total. The minimum Gasteiger partial charge on any atom is -0.472 e. The summed E-state index contributed by atoms with van der Waals surface area (Å²) in [4.78, 5) is 4.39. The minimum atomic E-state index is 0.736. The van der Waals surface area contributed by atoms with Gasteiger partial charge in [0.15, 0.2) is 5.65 Å². The maximum atomic E-state index is 5.16. The molecule has 3 heterocycles. The predicted molar refractivity (Wildman–Crippen MR) is 93.9 cm³/mol. The fourth-order valence-electron chi connectivity index (χ4n) is 2.80. The quantitative estimate of drug-likeness (QED) is 0.612. The first-order chi connectivity index (χ1) is 11.7. The zero-order valence-corrected chi connectivity index (χ0v) is 13.7. The Labute approximate surface area is 140 Å². The van der Waals surface area contributed by atoms with Crippen LogP contribution in [0.2, 0.25) is 0 Å². The van der Waals surface area contributed by atoms with Crippen LogP contribution < -0.4 is 5.32 Å². The van der Waals surface area contributed by atoms with Crippen LogP contribution in [-0.4, -0.2) is 14.6 Å². The van der Waals surface area contributed by atoms with Crippen LogP contribution in [0.15, 0.2) is 59.5 Å². The monoisotopic (exact) mass is 318 g/mol. The van der Waals surface area contributed by atoms with Crippen LogP contribution in [0.4, 0.5) is 5.82 Å². The van der Waals surface area contributed by atoms with Gasteiger partial charge in [-0.05, 0) is 43.2 Å². The molecule has 3 aromatic heterocycles. The molecule has 0 aliphatic heterocycles. The van der Waals surface area contributed by atoms with Gasteiger partial charge >= 0.3 is 0 Å². The number of hydrogen-bond acceptors (Lipinski definition) is 4. The first kappa shape index (κ1) is 14.5. The molecule has 0 unspecified atom stereocenters. The van der Waals surface area contributed by atoms with Crippen molar-refractivity contribution in [2.24, 2.45) is 0 Å². The molecule has 0 atom stereocenters. The summed E-state index contributed by atoms with van der Waals surface area (Å²) in [6.45, 7) is 4.98. The molecule has 0 bridgehead atoms. The number of anilines is 1. The van der Waals surface area contributed by atoms with Crippen LogP contribution in [0.3, 0.4) is 0 Å². The van der Waals surface area contributed by atoms with Crippen LogP contribution in [0.5, 0.6) is 0 Å². The topological polar surface area (TPSA) is 55.4 Å². The lowest BCUT2D eigenvalue weighted by molar-refractivity contribution is 0.568. The van der Waals surface area contributed by atoms with Gasteiger partial charge in [0, 0.05) is 12.1 Å². The second-order valence-corrected chi connectivity index (χ2v) is 5.93. The molecule has 5 heteroatoms. The van der Waals surface area contributed by atoms with E-state index in [1.807, 2.05) is 22.7 Å². The standard InChI is InChI=1S/C19H18N4O/c1-13-3-4-15(14(2)9-13)10-20-18-5-6-19-21-11-17(23(19)22-18)16-7-8-24-12-16/h3-9,11-12H,10H2,1-2H3,(H,20,22). The molecule has 1 aromatic carbocycles. The van der Waals surface area contributed by atoms with Crippen LogP contribution >= 0.6 is 0 Å². The Bertz CT molecular complexity index is 986. The number of benzene rings is 1. The van der Waals surface area contributed by atoms with Crippen molar-refractivity contribution >= 4 is 11.5 Å². The number of fused-ring (bicyclic) bond motifs is 1. The van der Waals surface area contributed by atoms with E-state index >= 15 is 0 Å². The molecule has 0 spiro atoms. The molecule has 120 valence electrons. The zero-order valence-electron chi connectivity index (χ0n) is 13.7. The molecular weight excluding hydrogens is 300 g/mol. The smallest absolute Gasteiger partial charge is 0.154 e. The van der Waals surface area contributed by atoms with Crippen LogP contribution in [0, 0.1) is 13.8 Å². The highest BCUT2D eigenvalue weighted by atomic mass is 16.3. The highest BCUT2D eigenvalue weighted by Crippen LogP contribution is 2.21. The number of furan rings is 1. The second-order valence-electron chi connectivity index (χ2n) is 5.93. The molecule has 0 aliphatic carbocycles. The van der Waals surface area contributed by atoms with Gasteiger partial charge < -0.3 is 9.73 Å². The molecule has 24 heavy (non-hydrogen) atoms. The summed E-state index contributed by atoms with van der Waals surface area (Å²) in [7, 11) is 0. The Balaban J connectivity index is 1.62. The Morgan fingerprint density at radius 2 is 2.04 bits per heavy atom. The van der Waals surface area contributed by atoms with Gasteiger partial charge in [-0.25, -0.2) is 9.50 Å². The molecule has 0 fully saturated rings. The van der Waals surface area contributed by atoms with E-state index in [2.05, 4.69) is 47.4 Å². The fraction of sp³-hybridized carbons (Fsp3) is 0.158. The molecule has 0 radical (unpaired) electrons. The van der Waals surface area contributed by atoms with E-state index in [1.54, 1.807) is 18.7 Å². The predicted octanol–water partition coefficient (Wildman–Crippen LogP) is 4.22. The molecule has 1 N–H and O–H groups in total. The average Bonchev–Trinajstić information content (AvgIpc) is 3.22. The number of hydrogen-bond donors (Lipinski definition) is 1. The van der Waals surface area contributed by atoms with Crippen molar-refractivity contribution in [2.75, 3.05) is 5.32 Å². The van der Waals surface area contributed by atoms with Crippen LogP contribution in [0.1, 0.15) is 16.7 Å². The summed E-state index contributed by atoms with van der Waals surface area (Å²) in [6, 6.07) is 12.3. The zero-order chi connectivity index (χ0) is 16.5. The number of nitrogens with zero attached hydrogens (tertiary/aromatic N) is 3. The molecule has 4 rings (SSSR count). The summed E-state index contributed by atoms with van der Waals surface area (Å²) in [5.41, 5.74) is 6.51. The largest absolute Gasteiger partial charge is 0.472 e. The Hall–Kier alpha value is -3.08. The maximum absolute atomic E-state index is 5.16. The van der Waals surface area contributed by atoms with E-state index in [-0.39, 0.29) is 0 Å². The SMILES string of the molecule is Cc1ccc(CNc2ccc3ncc(-c4ccoc4)n3n2)c(C)c1. The number of imidazole rings is 1. The van der Waals surface area contributed by atoms with E-state index in [1.165, 1.54) is 16.7 Å². The highest BCUT2D eigenvalue weighted by Gasteiger charge is 2.09.